The van der Waals surface area contributed by atoms with Crippen molar-refractivity contribution in [3.63, 3.8) is 0 Å². The lowest BCUT2D eigenvalue weighted by Crippen LogP contribution is -2.14. The number of nitrogens with two attached hydrogens (primary N) is 1. The summed E-state index contributed by atoms with van der Waals surface area (Å²) < 4.78 is 27.0. The Hall–Kier alpha value is -1.74. The highest BCUT2D eigenvalue weighted by Crippen LogP contribution is 2.26. The zero-order chi connectivity index (χ0) is 14.7. The quantitative estimate of drug-likeness (QED) is 0.871. The molecule has 106 valence electrons. The molecule has 2 rings (SSSR count). The highest BCUT2D eigenvalue weighted by atomic mass is 19.2. The molecule has 0 bridgehead atoms. The van der Waals surface area contributed by atoms with E-state index in [1.54, 1.807) is 0 Å². The first kappa shape index (κ1) is 14.7. The van der Waals surface area contributed by atoms with Crippen LogP contribution in [0.2, 0.25) is 0 Å². The van der Waals surface area contributed by atoms with Crippen LogP contribution < -0.4 is 5.73 Å². The van der Waals surface area contributed by atoms with Gasteiger partial charge in [-0.3, -0.25) is 0 Å². The van der Waals surface area contributed by atoms with E-state index in [-0.39, 0.29) is 5.56 Å². The Morgan fingerprint density at radius 1 is 1.00 bits per heavy atom. The Kier molecular flexibility index (Phi) is 4.50. The molecule has 2 unspecified atom stereocenters. The molecular formula is C17H19F2N. The fraction of sp³-hybridized carbons (Fsp3) is 0.294. The van der Waals surface area contributed by atoms with Gasteiger partial charge in [0.25, 0.3) is 0 Å². The lowest BCUT2D eigenvalue weighted by molar-refractivity contribution is 0.494. The monoisotopic (exact) mass is 275 g/mol. The zero-order valence-corrected chi connectivity index (χ0v) is 11.7. The smallest absolute Gasteiger partial charge is 0.163 e. The molecule has 0 heterocycles. The third kappa shape index (κ3) is 2.88. The van der Waals surface area contributed by atoms with Crippen LogP contribution in [-0.4, -0.2) is 0 Å². The summed E-state index contributed by atoms with van der Waals surface area (Å²) in [6.07, 6.45) is 1.06. The van der Waals surface area contributed by atoms with Crippen molar-refractivity contribution in [1.29, 1.82) is 0 Å². The van der Waals surface area contributed by atoms with E-state index in [9.17, 15) is 8.78 Å². The van der Waals surface area contributed by atoms with Crippen LogP contribution >= 0.6 is 0 Å². The maximum atomic E-state index is 13.7. The predicted molar refractivity (Wildman–Crippen MR) is 77.5 cm³/mol. The Labute approximate surface area is 118 Å². The van der Waals surface area contributed by atoms with E-state index in [0.29, 0.717) is 5.92 Å². The largest absolute Gasteiger partial charge is 0.320 e. The summed E-state index contributed by atoms with van der Waals surface area (Å²) in [5.41, 5.74) is 8.22. The number of benzene rings is 2. The van der Waals surface area contributed by atoms with Crippen molar-refractivity contribution in [2.75, 3.05) is 0 Å². The second-order valence-corrected chi connectivity index (χ2v) is 5.10. The van der Waals surface area contributed by atoms with Gasteiger partial charge in [-0.2, -0.15) is 0 Å². The third-order valence-electron chi connectivity index (χ3n) is 3.79. The molecule has 3 heteroatoms. The van der Waals surface area contributed by atoms with Crippen LogP contribution in [0.4, 0.5) is 8.78 Å². The van der Waals surface area contributed by atoms with Gasteiger partial charge >= 0.3 is 0 Å². The van der Waals surface area contributed by atoms with E-state index < -0.39 is 17.7 Å². The van der Waals surface area contributed by atoms with Gasteiger partial charge in [0.15, 0.2) is 11.6 Å². The summed E-state index contributed by atoms with van der Waals surface area (Å²) in [5, 5.41) is 0. The second-order valence-electron chi connectivity index (χ2n) is 5.10. The van der Waals surface area contributed by atoms with Crippen molar-refractivity contribution < 1.29 is 8.78 Å². The average Bonchev–Trinajstić information content (AvgIpc) is 2.48. The minimum Gasteiger partial charge on any atom is -0.320 e. The van der Waals surface area contributed by atoms with E-state index in [1.807, 2.05) is 24.3 Å². The van der Waals surface area contributed by atoms with Gasteiger partial charge in [0, 0.05) is 5.56 Å². The lowest BCUT2D eigenvalue weighted by atomic mass is 9.94. The number of hydrogen-bond acceptors (Lipinski definition) is 1. The van der Waals surface area contributed by atoms with Crippen LogP contribution in [-0.2, 0) is 0 Å². The highest BCUT2D eigenvalue weighted by Gasteiger charge is 2.16. The van der Waals surface area contributed by atoms with Crippen LogP contribution in [0.15, 0.2) is 42.5 Å². The van der Waals surface area contributed by atoms with E-state index >= 15 is 0 Å². The Balaban J connectivity index is 2.29. The van der Waals surface area contributed by atoms with E-state index in [1.165, 1.54) is 17.7 Å². The zero-order valence-electron chi connectivity index (χ0n) is 11.7. The maximum Gasteiger partial charge on any atom is 0.163 e. The van der Waals surface area contributed by atoms with Gasteiger partial charge in [-0.15, -0.1) is 0 Å². The Morgan fingerprint density at radius 2 is 1.60 bits per heavy atom. The van der Waals surface area contributed by atoms with Crippen LogP contribution in [0.5, 0.6) is 0 Å². The van der Waals surface area contributed by atoms with Crippen molar-refractivity contribution in [2.45, 2.75) is 32.2 Å². The molecular weight excluding hydrogens is 256 g/mol. The fourth-order valence-corrected chi connectivity index (χ4v) is 2.21. The first-order chi connectivity index (χ1) is 9.54. The SMILES string of the molecule is CCC(C)c1ccc(C(N)c2cccc(F)c2F)cc1. The minimum absolute atomic E-state index is 0.182. The topological polar surface area (TPSA) is 26.0 Å². The summed E-state index contributed by atoms with van der Waals surface area (Å²) in [4.78, 5) is 0. The molecule has 0 radical (unpaired) electrons. The number of halogens is 2. The normalized spacial score (nSPS) is 14.1. The van der Waals surface area contributed by atoms with Gasteiger partial charge in [0.2, 0.25) is 0 Å². The summed E-state index contributed by atoms with van der Waals surface area (Å²) in [5.74, 6) is -1.26. The Bertz CT molecular complexity index is 578. The molecule has 0 fully saturated rings. The predicted octanol–water partition coefficient (Wildman–Crippen LogP) is 4.53. The van der Waals surface area contributed by atoms with Gasteiger partial charge in [-0.25, -0.2) is 8.78 Å². The lowest BCUT2D eigenvalue weighted by Gasteiger charge is -2.15. The molecule has 2 N–H and O–H groups in total. The van der Waals surface area contributed by atoms with Crippen LogP contribution in [0, 0.1) is 11.6 Å². The molecule has 0 saturated carbocycles. The Morgan fingerprint density at radius 3 is 2.20 bits per heavy atom. The summed E-state index contributed by atoms with van der Waals surface area (Å²) in [6.45, 7) is 4.29. The molecule has 20 heavy (non-hydrogen) atoms. The molecule has 2 aromatic carbocycles. The number of rotatable bonds is 4. The summed E-state index contributed by atoms with van der Waals surface area (Å²) in [7, 11) is 0. The summed E-state index contributed by atoms with van der Waals surface area (Å²) in [6, 6.07) is 11.2. The van der Waals surface area contributed by atoms with Gasteiger partial charge in [-0.05, 0) is 29.5 Å². The average molecular weight is 275 g/mol. The molecule has 1 nitrogen and oxygen atoms in total. The van der Waals surface area contributed by atoms with Gasteiger partial charge < -0.3 is 5.73 Å². The van der Waals surface area contributed by atoms with Crippen LogP contribution in [0.3, 0.4) is 0 Å². The van der Waals surface area contributed by atoms with Gasteiger partial charge in [0.1, 0.15) is 0 Å². The van der Waals surface area contributed by atoms with E-state index in [4.69, 9.17) is 5.73 Å². The van der Waals surface area contributed by atoms with Crippen molar-refractivity contribution in [1.82, 2.24) is 0 Å². The van der Waals surface area contributed by atoms with Crippen LogP contribution in [0.25, 0.3) is 0 Å². The molecule has 0 aliphatic carbocycles. The van der Waals surface area contributed by atoms with Gasteiger partial charge in [0.05, 0.1) is 6.04 Å². The third-order valence-corrected chi connectivity index (χ3v) is 3.79. The van der Waals surface area contributed by atoms with Crippen molar-refractivity contribution in [3.8, 4) is 0 Å². The molecule has 2 atom stereocenters. The molecule has 0 spiro atoms. The van der Waals surface area contributed by atoms with Crippen molar-refractivity contribution in [2.24, 2.45) is 5.73 Å². The summed E-state index contributed by atoms with van der Waals surface area (Å²) >= 11 is 0. The molecule has 0 amide bonds. The molecule has 0 saturated heterocycles. The second kappa shape index (κ2) is 6.14. The maximum absolute atomic E-state index is 13.7. The highest BCUT2D eigenvalue weighted by molar-refractivity contribution is 5.35. The fourth-order valence-electron chi connectivity index (χ4n) is 2.21. The van der Waals surface area contributed by atoms with E-state index in [2.05, 4.69) is 13.8 Å². The van der Waals surface area contributed by atoms with Crippen molar-refractivity contribution >= 4 is 0 Å². The first-order valence-electron chi connectivity index (χ1n) is 6.84. The van der Waals surface area contributed by atoms with Crippen molar-refractivity contribution in [3.05, 3.63) is 70.8 Å². The van der Waals surface area contributed by atoms with Gasteiger partial charge in [-0.1, -0.05) is 50.2 Å². The molecule has 0 aliphatic heterocycles. The van der Waals surface area contributed by atoms with Crippen LogP contribution in [0.1, 0.15) is 48.9 Å². The minimum atomic E-state index is -0.869. The standard InChI is InChI=1S/C17H19F2N/c1-3-11(2)12-7-9-13(10-8-12)17(20)14-5-4-6-15(18)16(14)19/h4-11,17H,3,20H2,1-2H3. The first-order valence-corrected chi connectivity index (χ1v) is 6.84. The molecule has 0 aromatic heterocycles. The van der Waals surface area contributed by atoms with E-state index in [0.717, 1.165) is 18.1 Å². The molecule has 0 aliphatic rings. The number of hydrogen-bond donors (Lipinski definition) is 1. The molecule has 2 aromatic rings.